The average molecular weight is 673 g/mol. The van der Waals surface area contributed by atoms with E-state index >= 15 is 0 Å². The molecule has 0 atom stereocenters. The summed E-state index contributed by atoms with van der Waals surface area (Å²) < 4.78 is 40.4. The Morgan fingerprint density at radius 3 is 1.52 bits per heavy atom. The van der Waals surface area contributed by atoms with Crippen LogP contribution in [0.5, 0.6) is 0 Å². The average Bonchev–Trinajstić information content (AvgIpc) is 3.48. The number of fused-ring (bicyclic) bond motifs is 4. The van der Waals surface area contributed by atoms with Gasteiger partial charge in [0.25, 0.3) is 0 Å². The van der Waals surface area contributed by atoms with Crippen LogP contribution in [0.1, 0.15) is 65.2 Å². The molecule has 48 heavy (non-hydrogen) atoms. The molecule has 0 saturated heterocycles. The molecule has 0 aliphatic rings. The van der Waals surface area contributed by atoms with Gasteiger partial charge in [0.2, 0.25) is 9.84 Å². The van der Waals surface area contributed by atoms with Gasteiger partial charge in [-0.25, -0.2) is 8.42 Å². The molecule has 0 aliphatic heterocycles. The van der Waals surface area contributed by atoms with Crippen molar-refractivity contribution in [3.05, 3.63) is 95.6 Å². The van der Waals surface area contributed by atoms with Crippen LogP contribution < -0.4 is 0 Å². The Labute approximate surface area is 288 Å². The van der Waals surface area contributed by atoms with Crippen LogP contribution in [0.15, 0.2) is 88.0 Å². The number of rotatable bonds is 4. The summed E-state index contributed by atoms with van der Waals surface area (Å²) in [6.07, 6.45) is 0. The third-order valence-corrected chi connectivity index (χ3v) is 12.2. The smallest absolute Gasteiger partial charge is 0.215 e. The molecule has 0 spiro atoms. The molecule has 244 valence electrons. The van der Waals surface area contributed by atoms with Gasteiger partial charge in [0.1, 0.15) is 15.4 Å². The largest absolute Gasteiger partial charge is 0.366 e. The van der Waals surface area contributed by atoms with Crippen LogP contribution in [-0.4, -0.2) is 33.8 Å². The number of methoxy groups -OCH3 is 2. The number of sulfone groups is 1. The van der Waals surface area contributed by atoms with E-state index in [1.54, 1.807) is 32.4 Å². The third kappa shape index (κ3) is 6.35. The first-order valence-corrected chi connectivity index (χ1v) is 18.2. The molecule has 0 aliphatic carbocycles. The highest BCUT2D eigenvalue weighted by atomic mass is 32.2. The van der Waals surface area contributed by atoms with E-state index in [4.69, 9.17) is 9.47 Å². The maximum atomic E-state index is 13.9. The minimum atomic E-state index is -3.74. The van der Waals surface area contributed by atoms with Gasteiger partial charge in [-0.3, -0.25) is 0 Å². The van der Waals surface area contributed by atoms with Crippen molar-refractivity contribution in [2.45, 2.75) is 74.2 Å². The molecule has 0 N–H and O–H groups in total. The minimum absolute atomic E-state index is 0.0759. The molecular weight excluding hydrogens is 633 g/mol. The lowest BCUT2D eigenvalue weighted by Crippen LogP contribution is -2.19. The van der Waals surface area contributed by atoms with Crippen LogP contribution >= 0.6 is 11.3 Å². The lowest BCUT2D eigenvalue weighted by Gasteiger charge is -2.19. The Morgan fingerprint density at radius 2 is 1.06 bits per heavy atom. The van der Waals surface area contributed by atoms with Crippen molar-refractivity contribution in [1.82, 2.24) is 0 Å². The van der Waals surface area contributed by atoms with Gasteiger partial charge in [-0.1, -0.05) is 80.9 Å². The summed E-state index contributed by atoms with van der Waals surface area (Å²) in [5.74, 6) is 13.6. The molecule has 0 saturated carbocycles. The fourth-order valence-corrected chi connectivity index (χ4v) is 8.42. The zero-order valence-electron chi connectivity index (χ0n) is 29.0. The van der Waals surface area contributed by atoms with Crippen LogP contribution in [0.2, 0.25) is 0 Å². The van der Waals surface area contributed by atoms with E-state index in [0.29, 0.717) is 4.21 Å². The Bertz CT molecular complexity index is 2340. The Kier molecular flexibility index (Phi) is 8.47. The summed E-state index contributed by atoms with van der Waals surface area (Å²) in [4.78, 5) is 0.283. The van der Waals surface area contributed by atoms with E-state index < -0.39 is 21.0 Å². The third-order valence-electron chi connectivity index (χ3n) is 8.89. The summed E-state index contributed by atoms with van der Waals surface area (Å²) in [6.45, 7) is 14.1. The van der Waals surface area contributed by atoms with Gasteiger partial charge < -0.3 is 9.47 Å². The number of hydrogen-bond acceptors (Lipinski definition) is 5. The molecule has 6 aromatic rings. The van der Waals surface area contributed by atoms with Gasteiger partial charge in [0, 0.05) is 35.4 Å². The second-order valence-electron chi connectivity index (χ2n) is 14.2. The van der Waals surface area contributed by atoms with Crippen LogP contribution in [0.3, 0.4) is 0 Å². The highest BCUT2D eigenvalue weighted by molar-refractivity contribution is 7.93. The van der Waals surface area contributed by atoms with E-state index in [9.17, 15) is 8.42 Å². The van der Waals surface area contributed by atoms with E-state index in [-0.39, 0.29) is 10.3 Å². The van der Waals surface area contributed by atoms with Crippen LogP contribution in [-0.2, 0) is 24.7 Å². The lowest BCUT2D eigenvalue weighted by molar-refractivity contribution is 0.0739. The molecule has 0 radical (unpaired) electrons. The molecule has 6 heteroatoms. The van der Waals surface area contributed by atoms with Crippen molar-refractivity contribution in [3.8, 4) is 23.7 Å². The van der Waals surface area contributed by atoms with Gasteiger partial charge in [-0.15, -0.1) is 11.3 Å². The summed E-state index contributed by atoms with van der Waals surface area (Å²) in [5, 5.41) is 6.78. The summed E-state index contributed by atoms with van der Waals surface area (Å²) >= 11 is 1.28. The molecule has 0 bridgehead atoms. The first-order valence-electron chi connectivity index (χ1n) is 15.9. The molecule has 1 heterocycles. The van der Waals surface area contributed by atoms with Gasteiger partial charge in [0.15, 0.2) is 0 Å². The van der Waals surface area contributed by atoms with Crippen molar-refractivity contribution < 1.29 is 17.9 Å². The molecule has 4 nitrogen and oxygen atoms in total. The predicted molar refractivity (Wildman–Crippen MR) is 201 cm³/mol. The Balaban J connectivity index is 1.69. The minimum Gasteiger partial charge on any atom is -0.366 e. The van der Waals surface area contributed by atoms with E-state index in [2.05, 4.69) is 80.9 Å². The molecule has 5 aromatic carbocycles. The highest BCUT2D eigenvalue weighted by Gasteiger charge is 2.24. The standard InChI is InChI=1S/C42H40O4S2/c1-40(2,3)30-14-16-31(17-15-30)48(43,44)39-25-29-24-36-32(18-20-41(4,5)45-8)34-22-27-12-10-11-13-28(27)23-35(34)33(19-21-42(6,7)46-9)37(36)26-38(29)47-39/h10-17,22-26H,1-9H3. The highest BCUT2D eigenvalue weighted by Crippen LogP contribution is 2.41. The fourth-order valence-electron chi connectivity index (χ4n) is 5.60. The second-order valence-corrected chi connectivity index (χ2v) is 17.5. The summed E-state index contributed by atoms with van der Waals surface area (Å²) in [6, 6.07) is 25.8. The van der Waals surface area contributed by atoms with E-state index in [0.717, 1.165) is 59.1 Å². The fraction of sp³-hybridized carbons (Fsp3) is 0.286. The Hall–Kier alpha value is -4.17. The number of benzene rings is 5. The summed E-state index contributed by atoms with van der Waals surface area (Å²) in [5.41, 5.74) is 1.36. The van der Waals surface area contributed by atoms with Gasteiger partial charge in [0.05, 0.1) is 4.90 Å². The topological polar surface area (TPSA) is 52.6 Å². The molecule has 0 fully saturated rings. The molecule has 0 amide bonds. The van der Waals surface area contributed by atoms with Crippen molar-refractivity contribution in [1.29, 1.82) is 0 Å². The maximum absolute atomic E-state index is 13.9. The first kappa shape index (κ1) is 33.7. The zero-order valence-corrected chi connectivity index (χ0v) is 30.6. The van der Waals surface area contributed by atoms with Crippen LogP contribution in [0.4, 0.5) is 0 Å². The SMILES string of the molecule is COC(C)(C)C#Cc1c2cc3ccccc3cc2c(C#CC(C)(C)OC)c2cc3sc(S(=O)(=O)c4ccc(C(C)(C)C)cc4)cc3cc12. The van der Waals surface area contributed by atoms with E-state index in [1.165, 1.54) is 11.3 Å². The van der Waals surface area contributed by atoms with Crippen LogP contribution in [0, 0.1) is 23.7 Å². The monoisotopic (exact) mass is 672 g/mol. The quantitative estimate of drug-likeness (QED) is 0.138. The van der Waals surface area contributed by atoms with Gasteiger partial charge in [-0.2, -0.15) is 0 Å². The van der Waals surface area contributed by atoms with Crippen molar-refractivity contribution in [3.63, 3.8) is 0 Å². The molecule has 6 rings (SSSR count). The van der Waals surface area contributed by atoms with Crippen molar-refractivity contribution in [2.75, 3.05) is 14.2 Å². The van der Waals surface area contributed by atoms with Gasteiger partial charge in [-0.05, 0) is 113 Å². The number of hydrogen-bond donors (Lipinski definition) is 0. The maximum Gasteiger partial charge on any atom is 0.215 e. The number of ether oxygens (including phenoxy) is 2. The van der Waals surface area contributed by atoms with Gasteiger partial charge >= 0.3 is 0 Å². The van der Waals surface area contributed by atoms with Crippen molar-refractivity contribution >= 4 is 63.6 Å². The molecule has 1 aromatic heterocycles. The predicted octanol–water partition coefficient (Wildman–Crippen LogP) is 10.0. The van der Waals surface area contributed by atoms with Crippen molar-refractivity contribution in [2.24, 2.45) is 0 Å². The van der Waals surface area contributed by atoms with E-state index in [1.807, 2.05) is 52.0 Å². The zero-order chi connectivity index (χ0) is 34.6. The molecule has 0 unspecified atom stereocenters. The normalized spacial score (nSPS) is 12.7. The molecular formula is C42H40O4S2. The second kappa shape index (κ2) is 12.1. The van der Waals surface area contributed by atoms with Crippen LogP contribution in [0.25, 0.3) is 42.4 Å². The Morgan fingerprint density at radius 1 is 0.604 bits per heavy atom. The first-order chi connectivity index (χ1) is 22.5. The number of thiophene rings is 1. The summed E-state index contributed by atoms with van der Waals surface area (Å²) in [7, 11) is -0.433. The lowest BCUT2D eigenvalue weighted by atomic mass is 9.87.